The summed E-state index contributed by atoms with van der Waals surface area (Å²) in [5, 5.41) is 10.5. The van der Waals surface area contributed by atoms with Crippen molar-refractivity contribution in [2.24, 2.45) is 0 Å². The van der Waals surface area contributed by atoms with Crippen LogP contribution in [0.25, 0.3) is 0 Å². The van der Waals surface area contributed by atoms with E-state index in [1.54, 1.807) is 36.2 Å². The molecule has 1 N–H and O–H groups in total. The number of nitrogens with one attached hydrogen (secondary N) is 1. The van der Waals surface area contributed by atoms with Gasteiger partial charge in [0.25, 0.3) is 5.69 Å². The van der Waals surface area contributed by atoms with Crippen molar-refractivity contribution in [1.82, 2.24) is 4.72 Å². The molecular formula is C15H16N2O2S. The minimum Gasteiger partial charge on any atom is -0.260 e. The monoisotopic (exact) mass is 288 g/mol. The highest BCUT2D eigenvalue weighted by Crippen LogP contribution is 2.15. The van der Waals surface area contributed by atoms with Crippen LogP contribution in [0, 0.1) is 17.0 Å². The molecule has 0 aromatic heterocycles. The lowest BCUT2D eigenvalue weighted by Crippen LogP contribution is -2.08. The van der Waals surface area contributed by atoms with Crippen LogP contribution < -0.4 is 4.72 Å². The molecule has 0 bridgehead atoms. The molecule has 0 aliphatic heterocycles. The number of aryl methyl sites for hydroxylation is 1. The van der Waals surface area contributed by atoms with Crippen LogP contribution in [0.1, 0.15) is 11.1 Å². The molecule has 0 aliphatic carbocycles. The number of hydrogen-bond donors (Lipinski definition) is 1. The molecule has 5 heteroatoms. The maximum absolute atomic E-state index is 10.5. The quantitative estimate of drug-likeness (QED) is 0.381. The van der Waals surface area contributed by atoms with Gasteiger partial charge in [0.1, 0.15) is 0 Å². The lowest BCUT2D eigenvalue weighted by molar-refractivity contribution is -0.384. The summed E-state index contributed by atoms with van der Waals surface area (Å²) in [5.74, 6) is 0. The topological polar surface area (TPSA) is 55.2 Å². The Morgan fingerprint density at radius 3 is 2.35 bits per heavy atom. The Bertz CT molecular complexity index is 567. The average molecular weight is 288 g/mol. The number of nitro groups is 1. The predicted molar refractivity (Wildman–Crippen MR) is 81.8 cm³/mol. The summed E-state index contributed by atoms with van der Waals surface area (Å²) in [6.45, 7) is 2.88. The summed E-state index contributed by atoms with van der Waals surface area (Å²) >= 11 is 1.60. The van der Waals surface area contributed by atoms with Crippen molar-refractivity contribution in [3.05, 3.63) is 69.8 Å². The molecule has 0 amide bonds. The lowest BCUT2D eigenvalue weighted by Gasteiger charge is -2.04. The van der Waals surface area contributed by atoms with Gasteiger partial charge in [0, 0.05) is 23.6 Å². The van der Waals surface area contributed by atoms with E-state index < -0.39 is 0 Å². The van der Waals surface area contributed by atoms with Crippen LogP contribution >= 0.6 is 11.9 Å². The van der Waals surface area contributed by atoms with Gasteiger partial charge in [0.15, 0.2) is 0 Å². The Hall–Kier alpha value is -1.85. The van der Waals surface area contributed by atoms with Crippen LogP contribution in [0.5, 0.6) is 0 Å². The van der Waals surface area contributed by atoms with Crippen molar-refractivity contribution in [2.45, 2.75) is 18.2 Å². The standard InChI is InChI=1S/C15H16N2O2S/c1-12-2-8-15(9-3-12)20-16-11-10-13-4-6-14(7-5-13)17(18)19/h2-9,16H,10-11H2,1H3. The second-order valence-corrected chi connectivity index (χ2v) is 5.45. The van der Waals surface area contributed by atoms with Gasteiger partial charge in [-0.2, -0.15) is 0 Å². The summed E-state index contributed by atoms with van der Waals surface area (Å²) in [6, 6.07) is 15.0. The van der Waals surface area contributed by atoms with Crippen molar-refractivity contribution < 1.29 is 4.92 Å². The van der Waals surface area contributed by atoms with E-state index in [0.29, 0.717) is 0 Å². The zero-order chi connectivity index (χ0) is 14.4. The van der Waals surface area contributed by atoms with Gasteiger partial charge in [-0.1, -0.05) is 29.8 Å². The third kappa shape index (κ3) is 4.36. The minimum atomic E-state index is -0.380. The summed E-state index contributed by atoms with van der Waals surface area (Å²) in [4.78, 5) is 11.3. The van der Waals surface area contributed by atoms with Gasteiger partial charge in [0.05, 0.1) is 4.92 Å². The first-order valence-corrected chi connectivity index (χ1v) is 7.16. The molecule has 2 aromatic rings. The molecule has 0 unspecified atom stereocenters. The van der Waals surface area contributed by atoms with Gasteiger partial charge in [-0.15, -0.1) is 0 Å². The number of rotatable bonds is 6. The van der Waals surface area contributed by atoms with Crippen LogP contribution in [0.2, 0.25) is 0 Å². The number of hydrogen-bond acceptors (Lipinski definition) is 4. The molecule has 0 spiro atoms. The fourth-order valence-electron chi connectivity index (χ4n) is 1.72. The molecule has 0 saturated heterocycles. The molecule has 4 nitrogen and oxygen atoms in total. The normalized spacial score (nSPS) is 10.4. The number of benzene rings is 2. The lowest BCUT2D eigenvalue weighted by atomic mass is 10.1. The third-order valence-corrected chi connectivity index (χ3v) is 3.73. The molecule has 2 aromatic carbocycles. The average Bonchev–Trinajstić information content (AvgIpc) is 2.46. The molecule has 0 atom stereocenters. The first-order valence-electron chi connectivity index (χ1n) is 6.35. The second-order valence-electron chi connectivity index (χ2n) is 4.48. The van der Waals surface area contributed by atoms with E-state index in [1.807, 2.05) is 0 Å². The predicted octanol–water partition coefficient (Wildman–Crippen LogP) is 3.74. The Labute approximate surface area is 122 Å². The molecule has 104 valence electrons. The molecule has 20 heavy (non-hydrogen) atoms. The molecule has 0 aliphatic rings. The van der Waals surface area contributed by atoms with Crippen molar-refractivity contribution in [3.63, 3.8) is 0 Å². The zero-order valence-electron chi connectivity index (χ0n) is 11.2. The molecular weight excluding hydrogens is 272 g/mol. The van der Waals surface area contributed by atoms with Gasteiger partial charge in [-0.05, 0) is 43.0 Å². The van der Waals surface area contributed by atoms with E-state index in [4.69, 9.17) is 0 Å². The smallest absolute Gasteiger partial charge is 0.260 e. The largest absolute Gasteiger partial charge is 0.269 e. The van der Waals surface area contributed by atoms with E-state index in [-0.39, 0.29) is 10.6 Å². The van der Waals surface area contributed by atoms with Gasteiger partial charge in [0.2, 0.25) is 0 Å². The van der Waals surface area contributed by atoms with E-state index >= 15 is 0 Å². The van der Waals surface area contributed by atoms with E-state index in [2.05, 4.69) is 35.9 Å². The van der Waals surface area contributed by atoms with Gasteiger partial charge >= 0.3 is 0 Å². The van der Waals surface area contributed by atoms with Crippen molar-refractivity contribution in [2.75, 3.05) is 6.54 Å². The Balaban J connectivity index is 1.75. The van der Waals surface area contributed by atoms with Crippen LogP contribution in [0.4, 0.5) is 5.69 Å². The van der Waals surface area contributed by atoms with E-state index in [1.165, 1.54) is 10.5 Å². The Kier molecular flexibility index (Phi) is 5.15. The van der Waals surface area contributed by atoms with E-state index in [9.17, 15) is 10.1 Å². The number of nitro benzene ring substituents is 1. The summed E-state index contributed by atoms with van der Waals surface area (Å²) in [6.07, 6.45) is 0.844. The summed E-state index contributed by atoms with van der Waals surface area (Å²) in [5.41, 5.74) is 2.48. The first kappa shape index (κ1) is 14.6. The summed E-state index contributed by atoms with van der Waals surface area (Å²) in [7, 11) is 0. The minimum absolute atomic E-state index is 0.135. The molecule has 0 fully saturated rings. The number of nitrogens with zero attached hydrogens (tertiary/aromatic N) is 1. The first-order chi connectivity index (χ1) is 9.65. The molecule has 0 radical (unpaired) electrons. The highest BCUT2D eigenvalue weighted by molar-refractivity contribution is 7.97. The van der Waals surface area contributed by atoms with Crippen LogP contribution in [0.3, 0.4) is 0 Å². The molecule has 2 rings (SSSR count). The SMILES string of the molecule is Cc1ccc(SNCCc2ccc([N+](=O)[O-])cc2)cc1. The van der Waals surface area contributed by atoms with Crippen LogP contribution in [0.15, 0.2) is 53.4 Å². The fourth-order valence-corrected chi connectivity index (χ4v) is 2.36. The Morgan fingerprint density at radius 1 is 1.10 bits per heavy atom. The maximum Gasteiger partial charge on any atom is 0.269 e. The molecule has 0 heterocycles. The molecule has 0 saturated carbocycles. The van der Waals surface area contributed by atoms with E-state index in [0.717, 1.165) is 18.5 Å². The van der Waals surface area contributed by atoms with Crippen LogP contribution in [-0.2, 0) is 6.42 Å². The number of non-ortho nitro benzene ring substituents is 1. The van der Waals surface area contributed by atoms with Crippen molar-refractivity contribution in [1.29, 1.82) is 0 Å². The highest BCUT2D eigenvalue weighted by atomic mass is 32.2. The summed E-state index contributed by atoms with van der Waals surface area (Å²) < 4.78 is 3.29. The van der Waals surface area contributed by atoms with Crippen LogP contribution in [-0.4, -0.2) is 11.5 Å². The third-order valence-electron chi connectivity index (χ3n) is 2.87. The van der Waals surface area contributed by atoms with Crippen molar-refractivity contribution >= 4 is 17.6 Å². The fraction of sp³-hybridized carbons (Fsp3) is 0.200. The van der Waals surface area contributed by atoms with Gasteiger partial charge < -0.3 is 0 Å². The Morgan fingerprint density at radius 2 is 1.75 bits per heavy atom. The second kappa shape index (κ2) is 7.07. The highest BCUT2D eigenvalue weighted by Gasteiger charge is 2.03. The zero-order valence-corrected chi connectivity index (χ0v) is 12.0. The van der Waals surface area contributed by atoms with Crippen molar-refractivity contribution in [3.8, 4) is 0 Å². The van der Waals surface area contributed by atoms with Gasteiger partial charge in [-0.3, -0.25) is 14.8 Å². The maximum atomic E-state index is 10.5. The van der Waals surface area contributed by atoms with Gasteiger partial charge in [-0.25, -0.2) is 0 Å².